The first-order valence-corrected chi connectivity index (χ1v) is 29.5. The molecule has 0 amide bonds. The summed E-state index contributed by atoms with van der Waals surface area (Å²) in [6.07, 6.45) is 15.2. The normalized spacial score (nSPS) is 33.3. The van der Waals surface area contributed by atoms with Gasteiger partial charge in [0.25, 0.3) is 0 Å². The number of aliphatic hydroxyl groups is 2. The molecule has 16 heteroatoms. The van der Waals surface area contributed by atoms with Crippen LogP contribution in [0.3, 0.4) is 0 Å². The van der Waals surface area contributed by atoms with Crippen molar-refractivity contribution in [2.45, 2.75) is 159 Å². The van der Waals surface area contributed by atoms with Crippen molar-refractivity contribution in [2.24, 2.45) is 28.6 Å². The number of benzene rings is 2. The van der Waals surface area contributed by atoms with Crippen molar-refractivity contribution in [3.05, 3.63) is 89.0 Å². The zero-order chi connectivity index (χ0) is 52.4. The molecule has 2 aliphatic heterocycles. The topological polar surface area (TPSA) is 184 Å². The molecular formula is C58H84FN3O11P+. The number of allylic oxidation sites excluding steroid dienone is 4. The Kier molecular flexibility index (Phi) is 17.3. The van der Waals surface area contributed by atoms with Crippen LogP contribution in [0.15, 0.2) is 72.3 Å². The van der Waals surface area contributed by atoms with E-state index >= 15 is 9.18 Å². The van der Waals surface area contributed by atoms with E-state index in [1.165, 1.54) is 17.7 Å². The van der Waals surface area contributed by atoms with Crippen molar-refractivity contribution in [2.75, 3.05) is 66.1 Å². The van der Waals surface area contributed by atoms with E-state index in [1.54, 1.807) is 18.2 Å². The molecule has 10 atom stereocenters. The number of phosphoric acid groups is 1. The van der Waals surface area contributed by atoms with Gasteiger partial charge in [0, 0.05) is 67.5 Å². The molecule has 5 fully saturated rings. The quantitative estimate of drug-likeness (QED) is 0.0311. The smallest absolute Gasteiger partial charge is 0.404 e. The van der Waals surface area contributed by atoms with E-state index < -0.39 is 60.4 Å². The van der Waals surface area contributed by atoms with Gasteiger partial charge in [0.05, 0.1) is 45.0 Å². The van der Waals surface area contributed by atoms with E-state index in [2.05, 4.69) is 41.5 Å². The van der Waals surface area contributed by atoms with Gasteiger partial charge < -0.3 is 38.7 Å². The molecule has 0 bridgehead atoms. The molecule has 5 N–H and O–H groups in total. The molecule has 9 rings (SSSR count). The molecule has 0 aromatic heterocycles. The van der Waals surface area contributed by atoms with E-state index in [0.29, 0.717) is 61.2 Å². The number of likely N-dealkylation sites (N-methyl/N-ethyl adjacent to an activating group) is 1. The number of quaternary nitrogens is 1. The number of Topliss-reactive ketones (excluding diaryl/α,β-unsaturated/α-hetero) is 1. The number of halogens is 1. The van der Waals surface area contributed by atoms with Crippen LogP contribution in [0.4, 0.5) is 4.39 Å². The third-order valence-corrected chi connectivity index (χ3v) is 19.3. The number of fused-ring (bicyclic) bond motifs is 7. The van der Waals surface area contributed by atoms with Crippen LogP contribution >= 0.6 is 7.82 Å². The van der Waals surface area contributed by atoms with E-state index in [9.17, 15) is 29.4 Å². The molecule has 74 heavy (non-hydrogen) atoms. The van der Waals surface area contributed by atoms with E-state index in [4.69, 9.17) is 18.7 Å². The molecule has 14 nitrogen and oxygen atoms in total. The summed E-state index contributed by atoms with van der Waals surface area (Å²) in [6, 6.07) is 15.6. The standard InChI is InChI=1S/C58H83FN3O11P/c1-55-26-25-46(63)35-45(55)23-24-47-48-36-53-58(56(48,2)37-51(65)57(47,55)59,72-54(71-53)42-19-10-7-11-20-42)52(66)39-61-28-30-62(3,31-29-61)40-44-22-21-43(34-50(44)73-74(67,68)69)49(64)38-60-27-13-4-5-14-32-70-33-15-12-18-41-16-8-6-9-17-41/h6,8-9,16-17,21-23,25-26,34,42,47-49,51,53-54,60,64-65H,4-5,7,10-15,18-20,24,27-33,35-40H2,1-3H3,(H-,67,68,69)/p+1/t47-,48-,49?,51-,53+,54+,55-,56-,57-,58+/m0/s1. The minimum atomic E-state index is -4.94. The summed E-state index contributed by atoms with van der Waals surface area (Å²) < 4.78 is 56.1. The maximum Gasteiger partial charge on any atom is 0.524 e. The summed E-state index contributed by atoms with van der Waals surface area (Å²) in [5.41, 5.74) is -2.30. The fourth-order valence-corrected chi connectivity index (χ4v) is 15.0. The Morgan fingerprint density at radius 3 is 2.46 bits per heavy atom. The number of nitrogens with one attached hydrogen (secondary N) is 1. The van der Waals surface area contributed by atoms with Gasteiger partial charge in [-0.25, -0.2) is 8.96 Å². The Labute approximate surface area is 438 Å². The molecular weight excluding hydrogens is 965 g/mol. The third-order valence-electron chi connectivity index (χ3n) is 18.9. The van der Waals surface area contributed by atoms with Crippen LogP contribution in [0.1, 0.15) is 133 Å². The molecule has 3 saturated carbocycles. The highest BCUT2D eigenvalue weighted by atomic mass is 31.2. The molecule has 2 aromatic rings. The minimum Gasteiger partial charge on any atom is -0.404 e. The molecule has 0 spiro atoms. The highest BCUT2D eigenvalue weighted by Gasteiger charge is 2.79. The first-order chi connectivity index (χ1) is 35.4. The summed E-state index contributed by atoms with van der Waals surface area (Å²) in [7, 11) is -2.85. The Morgan fingerprint density at radius 1 is 0.986 bits per heavy atom. The second-order valence-electron chi connectivity index (χ2n) is 23.8. The number of aliphatic hydroxyl groups excluding tert-OH is 2. The zero-order valence-corrected chi connectivity index (χ0v) is 45.0. The number of piperazine rings is 1. The van der Waals surface area contributed by atoms with Crippen LogP contribution in [0.25, 0.3) is 0 Å². The number of ketones is 2. The van der Waals surface area contributed by atoms with Crippen molar-refractivity contribution < 1.29 is 61.8 Å². The van der Waals surface area contributed by atoms with Gasteiger partial charge in [0.2, 0.25) is 0 Å². The lowest BCUT2D eigenvalue weighted by atomic mass is 9.45. The number of hydrogen-bond acceptors (Lipinski definition) is 11. The number of hydrogen-bond donors (Lipinski definition) is 5. The molecule has 0 radical (unpaired) electrons. The van der Waals surface area contributed by atoms with E-state index in [-0.39, 0.29) is 55.1 Å². The van der Waals surface area contributed by atoms with Gasteiger partial charge in [-0.2, -0.15) is 0 Å². The van der Waals surface area contributed by atoms with Gasteiger partial charge >= 0.3 is 7.82 Å². The van der Waals surface area contributed by atoms with Gasteiger partial charge in [-0.1, -0.05) is 93.2 Å². The minimum absolute atomic E-state index is 0.0315. The predicted molar refractivity (Wildman–Crippen MR) is 279 cm³/mol. The molecule has 408 valence electrons. The maximum absolute atomic E-state index is 18.2. The first kappa shape index (κ1) is 55.6. The fourth-order valence-electron chi connectivity index (χ4n) is 14.6. The van der Waals surface area contributed by atoms with Crippen molar-refractivity contribution in [3.63, 3.8) is 0 Å². The fraction of sp³-hybridized carbons (Fsp3) is 0.690. The average Bonchev–Trinajstić information content (AvgIpc) is 3.88. The Balaban J connectivity index is 0.789. The van der Waals surface area contributed by atoms with Crippen LogP contribution in [0.2, 0.25) is 0 Å². The van der Waals surface area contributed by atoms with Crippen LogP contribution in [-0.2, 0) is 41.3 Å². The number of unbranched alkanes of at least 4 members (excludes halogenated alkanes) is 4. The van der Waals surface area contributed by atoms with E-state index in [0.717, 1.165) is 102 Å². The highest BCUT2D eigenvalue weighted by molar-refractivity contribution is 7.46. The maximum atomic E-state index is 18.2. The zero-order valence-electron chi connectivity index (χ0n) is 44.1. The molecule has 2 saturated heterocycles. The van der Waals surface area contributed by atoms with Crippen LogP contribution in [0.5, 0.6) is 5.75 Å². The second kappa shape index (κ2) is 23.0. The number of carbonyl (C=O) groups is 2. The van der Waals surface area contributed by atoms with Gasteiger partial charge in [-0.15, -0.1) is 0 Å². The van der Waals surface area contributed by atoms with E-state index in [1.807, 2.05) is 26.0 Å². The molecule has 2 aromatic carbocycles. The first-order valence-electron chi connectivity index (χ1n) is 28.0. The van der Waals surface area contributed by atoms with Crippen LogP contribution in [-0.4, -0.2) is 137 Å². The van der Waals surface area contributed by atoms with Crippen molar-refractivity contribution in [1.82, 2.24) is 10.2 Å². The SMILES string of the molecule is C[C@]12C=CC(=O)CC1=CC[C@H]1[C@@H]3C[C@H]4O[C@@H](C5CCCCC5)O[C@@]4(C(=O)CN4CC[N+](C)(Cc5ccc(C(O)CNCCCCCCOCCCCc6ccccc6)cc5OP(=O)(O)O)CC4)[C@@]3(C)C[C@H](O)[C@@]12F. The summed E-state index contributed by atoms with van der Waals surface area (Å²) >= 11 is 0. The Morgan fingerprint density at radius 2 is 1.72 bits per heavy atom. The number of aryl methyl sites for hydroxylation is 1. The summed E-state index contributed by atoms with van der Waals surface area (Å²) in [5.74, 6) is -0.898. The number of carbonyl (C=O) groups excluding carboxylic acids is 2. The largest absolute Gasteiger partial charge is 0.524 e. The second-order valence-corrected chi connectivity index (χ2v) is 25.0. The summed E-state index contributed by atoms with van der Waals surface area (Å²) in [6.45, 7) is 9.29. The van der Waals surface area contributed by atoms with Gasteiger partial charge in [0.1, 0.15) is 12.3 Å². The molecule has 1 unspecified atom stereocenters. The Bertz CT molecular complexity index is 2390. The number of ether oxygens (including phenoxy) is 3. The van der Waals surface area contributed by atoms with Crippen molar-refractivity contribution in [1.29, 1.82) is 0 Å². The van der Waals surface area contributed by atoms with Crippen LogP contribution < -0.4 is 9.84 Å². The average molecular weight is 1050 g/mol. The summed E-state index contributed by atoms with van der Waals surface area (Å²) in [4.78, 5) is 50.0. The van der Waals surface area contributed by atoms with Gasteiger partial charge in [-0.3, -0.25) is 24.3 Å². The number of alkyl halides is 1. The molecule has 7 aliphatic rings. The van der Waals surface area contributed by atoms with Crippen LogP contribution in [0, 0.1) is 28.6 Å². The molecule has 5 aliphatic carbocycles. The lowest BCUT2D eigenvalue weighted by Gasteiger charge is -2.62. The summed E-state index contributed by atoms with van der Waals surface area (Å²) in [5, 5.41) is 26.7. The van der Waals surface area contributed by atoms with Gasteiger partial charge in [-0.05, 0) is 113 Å². The Hall–Kier alpha value is -3.18. The lowest BCUT2D eigenvalue weighted by Crippen LogP contribution is -2.70. The number of rotatable bonds is 23. The van der Waals surface area contributed by atoms with Gasteiger partial charge in [0.15, 0.2) is 29.1 Å². The lowest BCUT2D eigenvalue weighted by molar-refractivity contribution is -0.926. The number of nitrogens with zero attached hydrogens (tertiary/aromatic N) is 2. The number of phosphoric ester groups is 1. The predicted octanol–water partition coefficient (Wildman–Crippen LogP) is 8.25. The molecule has 2 heterocycles. The van der Waals surface area contributed by atoms with Crippen molar-refractivity contribution >= 4 is 19.4 Å². The monoisotopic (exact) mass is 1050 g/mol. The van der Waals surface area contributed by atoms with Crippen molar-refractivity contribution in [3.8, 4) is 5.75 Å². The highest BCUT2D eigenvalue weighted by Crippen LogP contribution is 2.71. The third kappa shape index (κ3) is 11.4.